The normalized spacial score (nSPS) is 10.0. The van der Waals surface area contributed by atoms with Crippen molar-refractivity contribution >= 4 is 11.7 Å². The molecule has 1 aromatic rings. The van der Waals surface area contributed by atoms with Crippen molar-refractivity contribution < 1.29 is 9.90 Å². The number of anilines is 1. The number of carboxylic acids is 1. The van der Waals surface area contributed by atoms with Gasteiger partial charge in [-0.05, 0) is 37.1 Å². The zero-order chi connectivity index (χ0) is 11.3. The van der Waals surface area contributed by atoms with Crippen LogP contribution in [-0.2, 0) is 0 Å². The van der Waals surface area contributed by atoms with Crippen LogP contribution in [0.5, 0.6) is 0 Å². The first kappa shape index (κ1) is 11.6. The zero-order valence-electron chi connectivity index (χ0n) is 9.21. The van der Waals surface area contributed by atoms with Gasteiger partial charge < -0.3 is 10.4 Å². The van der Waals surface area contributed by atoms with E-state index in [2.05, 4.69) is 12.2 Å². The van der Waals surface area contributed by atoms with Gasteiger partial charge in [0.25, 0.3) is 0 Å². The number of nitrogens with one attached hydrogen (secondary N) is 1. The Kier molecular flexibility index (Phi) is 4.16. The Morgan fingerprint density at radius 3 is 2.73 bits per heavy atom. The second-order valence-electron chi connectivity index (χ2n) is 3.62. The molecule has 0 saturated heterocycles. The van der Waals surface area contributed by atoms with Crippen LogP contribution >= 0.6 is 0 Å². The van der Waals surface area contributed by atoms with Crippen molar-refractivity contribution in [2.24, 2.45) is 0 Å². The maximum absolute atomic E-state index is 10.8. The Morgan fingerprint density at radius 1 is 1.47 bits per heavy atom. The molecule has 3 nitrogen and oxygen atoms in total. The molecule has 1 aromatic carbocycles. The third-order valence-corrected chi connectivity index (χ3v) is 2.32. The molecule has 0 atom stereocenters. The largest absolute Gasteiger partial charge is 0.478 e. The molecule has 0 spiro atoms. The van der Waals surface area contributed by atoms with Crippen LogP contribution in [0.25, 0.3) is 0 Å². The quantitative estimate of drug-likeness (QED) is 0.730. The van der Waals surface area contributed by atoms with Crippen LogP contribution in [0.3, 0.4) is 0 Å². The summed E-state index contributed by atoms with van der Waals surface area (Å²) in [6.45, 7) is 4.89. The fourth-order valence-electron chi connectivity index (χ4n) is 1.42. The maximum Gasteiger partial charge on any atom is 0.335 e. The van der Waals surface area contributed by atoms with Crippen LogP contribution in [-0.4, -0.2) is 17.6 Å². The van der Waals surface area contributed by atoms with Gasteiger partial charge >= 0.3 is 5.97 Å². The number of aromatic carboxylic acids is 1. The van der Waals surface area contributed by atoms with Gasteiger partial charge in [0.2, 0.25) is 0 Å². The fourth-order valence-corrected chi connectivity index (χ4v) is 1.42. The Hall–Kier alpha value is -1.51. The highest BCUT2D eigenvalue weighted by Gasteiger charge is 2.06. The molecule has 15 heavy (non-hydrogen) atoms. The van der Waals surface area contributed by atoms with Crippen molar-refractivity contribution in [1.29, 1.82) is 0 Å². The molecule has 3 heteroatoms. The lowest BCUT2D eigenvalue weighted by Gasteiger charge is -2.07. The van der Waals surface area contributed by atoms with E-state index in [0.29, 0.717) is 5.56 Å². The van der Waals surface area contributed by atoms with Gasteiger partial charge in [-0.1, -0.05) is 13.3 Å². The highest BCUT2D eigenvalue weighted by molar-refractivity contribution is 5.89. The summed E-state index contributed by atoms with van der Waals surface area (Å²) in [5, 5.41) is 12.1. The van der Waals surface area contributed by atoms with Crippen molar-refractivity contribution in [3.8, 4) is 0 Å². The predicted octanol–water partition coefficient (Wildman–Crippen LogP) is 2.91. The summed E-state index contributed by atoms with van der Waals surface area (Å²) in [6, 6.07) is 5.33. The van der Waals surface area contributed by atoms with Crippen molar-refractivity contribution in [3.63, 3.8) is 0 Å². The molecule has 0 heterocycles. The molecule has 0 saturated carbocycles. The minimum absolute atomic E-state index is 0.371. The summed E-state index contributed by atoms with van der Waals surface area (Å²) in [7, 11) is 0. The smallest absolute Gasteiger partial charge is 0.335 e. The Bertz CT molecular complexity index is 347. The number of rotatable bonds is 5. The molecule has 0 amide bonds. The van der Waals surface area contributed by atoms with Gasteiger partial charge in [0, 0.05) is 12.2 Å². The lowest BCUT2D eigenvalue weighted by molar-refractivity contribution is 0.0696. The number of aryl methyl sites for hydroxylation is 1. The molecule has 0 fully saturated rings. The molecule has 82 valence electrons. The van der Waals surface area contributed by atoms with E-state index in [1.807, 2.05) is 19.1 Å². The minimum Gasteiger partial charge on any atom is -0.478 e. The standard InChI is InChI=1S/C12H17NO2/c1-3-4-7-13-10-5-6-11(12(14)15)9(2)8-10/h5-6,8,13H,3-4,7H2,1-2H3,(H,14,15). The number of unbranched alkanes of at least 4 members (excludes halogenated alkanes) is 1. The van der Waals surface area contributed by atoms with E-state index < -0.39 is 5.97 Å². The summed E-state index contributed by atoms with van der Waals surface area (Å²) in [4.78, 5) is 10.8. The lowest BCUT2D eigenvalue weighted by Crippen LogP contribution is -2.04. The SMILES string of the molecule is CCCCNc1ccc(C(=O)O)c(C)c1. The molecule has 0 aromatic heterocycles. The summed E-state index contributed by atoms with van der Waals surface area (Å²) in [5.41, 5.74) is 2.16. The maximum atomic E-state index is 10.8. The first-order chi connectivity index (χ1) is 7.15. The highest BCUT2D eigenvalue weighted by atomic mass is 16.4. The van der Waals surface area contributed by atoms with Crippen LogP contribution in [0.2, 0.25) is 0 Å². The third kappa shape index (κ3) is 3.27. The Balaban J connectivity index is 2.69. The number of carboxylic acid groups (broad SMARTS) is 1. The van der Waals surface area contributed by atoms with Crippen molar-refractivity contribution in [2.75, 3.05) is 11.9 Å². The Labute approximate surface area is 90.1 Å². The van der Waals surface area contributed by atoms with Crippen molar-refractivity contribution in [3.05, 3.63) is 29.3 Å². The van der Waals surface area contributed by atoms with Crippen LogP contribution < -0.4 is 5.32 Å². The minimum atomic E-state index is -0.868. The van der Waals surface area contributed by atoms with E-state index in [4.69, 9.17) is 5.11 Å². The van der Waals surface area contributed by atoms with Gasteiger partial charge in [-0.15, -0.1) is 0 Å². The predicted molar refractivity (Wildman–Crippen MR) is 61.5 cm³/mol. The van der Waals surface area contributed by atoms with Gasteiger partial charge in [-0.25, -0.2) is 4.79 Å². The van der Waals surface area contributed by atoms with Crippen LogP contribution in [0.4, 0.5) is 5.69 Å². The van der Waals surface area contributed by atoms with Crippen LogP contribution in [0.1, 0.15) is 35.7 Å². The summed E-state index contributed by atoms with van der Waals surface area (Å²) in [6.07, 6.45) is 2.28. The van der Waals surface area contributed by atoms with E-state index in [9.17, 15) is 4.79 Å². The molecule has 0 radical (unpaired) electrons. The van der Waals surface area contributed by atoms with E-state index in [0.717, 1.165) is 30.6 Å². The third-order valence-electron chi connectivity index (χ3n) is 2.32. The number of hydrogen-bond acceptors (Lipinski definition) is 2. The Morgan fingerprint density at radius 2 is 2.20 bits per heavy atom. The van der Waals surface area contributed by atoms with Gasteiger partial charge in [-0.2, -0.15) is 0 Å². The van der Waals surface area contributed by atoms with Gasteiger partial charge in [0.1, 0.15) is 0 Å². The van der Waals surface area contributed by atoms with E-state index in [-0.39, 0.29) is 0 Å². The lowest BCUT2D eigenvalue weighted by atomic mass is 10.1. The average Bonchev–Trinajstić information content (AvgIpc) is 2.17. The van der Waals surface area contributed by atoms with E-state index in [1.165, 1.54) is 0 Å². The van der Waals surface area contributed by atoms with Gasteiger partial charge in [-0.3, -0.25) is 0 Å². The number of benzene rings is 1. The molecule has 0 bridgehead atoms. The molecule has 0 aliphatic carbocycles. The van der Waals surface area contributed by atoms with Gasteiger partial charge in [0.15, 0.2) is 0 Å². The molecule has 2 N–H and O–H groups in total. The molecule has 0 aliphatic heterocycles. The van der Waals surface area contributed by atoms with Crippen molar-refractivity contribution in [1.82, 2.24) is 0 Å². The fraction of sp³-hybridized carbons (Fsp3) is 0.417. The second-order valence-corrected chi connectivity index (χ2v) is 3.62. The first-order valence-corrected chi connectivity index (χ1v) is 5.23. The van der Waals surface area contributed by atoms with Crippen LogP contribution in [0, 0.1) is 6.92 Å². The first-order valence-electron chi connectivity index (χ1n) is 5.23. The van der Waals surface area contributed by atoms with Crippen molar-refractivity contribution in [2.45, 2.75) is 26.7 Å². The highest BCUT2D eigenvalue weighted by Crippen LogP contribution is 2.15. The molecule has 0 aliphatic rings. The topological polar surface area (TPSA) is 49.3 Å². The summed E-state index contributed by atoms with van der Waals surface area (Å²) < 4.78 is 0. The van der Waals surface area contributed by atoms with E-state index in [1.54, 1.807) is 6.07 Å². The number of carbonyl (C=O) groups is 1. The van der Waals surface area contributed by atoms with Gasteiger partial charge in [0.05, 0.1) is 5.56 Å². The molecular weight excluding hydrogens is 190 g/mol. The monoisotopic (exact) mass is 207 g/mol. The number of hydrogen-bond donors (Lipinski definition) is 2. The summed E-state index contributed by atoms with van der Waals surface area (Å²) in [5.74, 6) is -0.868. The summed E-state index contributed by atoms with van der Waals surface area (Å²) >= 11 is 0. The van der Waals surface area contributed by atoms with Crippen LogP contribution in [0.15, 0.2) is 18.2 Å². The molecule has 1 rings (SSSR count). The van der Waals surface area contributed by atoms with E-state index >= 15 is 0 Å². The molecular formula is C12H17NO2. The average molecular weight is 207 g/mol. The second kappa shape index (κ2) is 5.39. The zero-order valence-corrected chi connectivity index (χ0v) is 9.21. The molecule has 0 unspecified atom stereocenters.